The number of benzene rings is 1. The summed E-state index contributed by atoms with van der Waals surface area (Å²) in [4.78, 5) is 16.6. The maximum atomic E-state index is 12.1. The van der Waals surface area contributed by atoms with Crippen LogP contribution >= 0.6 is 0 Å². The second-order valence-corrected chi connectivity index (χ2v) is 5.56. The number of hydrogen-bond acceptors (Lipinski definition) is 4. The standard InChI is InChI=1S/C15H24N4O/c1-12-4-5-13(16)10-14(12)17-15(20)11-19-7-3-6-18(2)8-9-19/h4-5,10H,3,6-9,11,16H2,1-2H3,(H,17,20). The minimum absolute atomic E-state index is 0.0308. The van der Waals surface area contributed by atoms with Crippen molar-refractivity contribution in [3.8, 4) is 0 Å². The fourth-order valence-electron chi connectivity index (χ4n) is 2.43. The first-order valence-electron chi connectivity index (χ1n) is 7.11. The highest BCUT2D eigenvalue weighted by atomic mass is 16.2. The van der Waals surface area contributed by atoms with Gasteiger partial charge in [-0.3, -0.25) is 9.69 Å². The monoisotopic (exact) mass is 276 g/mol. The molecular weight excluding hydrogens is 252 g/mol. The van der Waals surface area contributed by atoms with Crippen LogP contribution in [0.3, 0.4) is 0 Å². The van der Waals surface area contributed by atoms with Crippen molar-refractivity contribution in [3.63, 3.8) is 0 Å². The Kier molecular flexibility index (Phi) is 4.98. The minimum atomic E-state index is 0.0308. The van der Waals surface area contributed by atoms with E-state index in [9.17, 15) is 4.79 Å². The molecule has 5 heteroatoms. The molecule has 0 unspecified atom stereocenters. The van der Waals surface area contributed by atoms with Gasteiger partial charge in [0.15, 0.2) is 0 Å². The molecule has 20 heavy (non-hydrogen) atoms. The number of nitrogen functional groups attached to an aromatic ring is 1. The number of carbonyl (C=O) groups is 1. The van der Waals surface area contributed by atoms with Crippen molar-refractivity contribution in [1.29, 1.82) is 0 Å². The van der Waals surface area contributed by atoms with Crippen LogP contribution < -0.4 is 11.1 Å². The highest BCUT2D eigenvalue weighted by Gasteiger charge is 2.15. The van der Waals surface area contributed by atoms with E-state index in [0.29, 0.717) is 12.2 Å². The number of aryl methyl sites for hydroxylation is 1. The van der Waals surface area contributed by atoms with Gasteiger partial charge in [0.05, 0.1) is 6.54 Å². The topological polar surface area (TPSA) is 61.6 Å². The lowest BCUT2D eigenvalue weighted by Crippen LogP contribution is -2.36. The number of nitrogens with one attached hydrogen (secondary N) is 1. The zero-order valence-electron chi connectivity index (χ0n) is 12.4. The van der Waals surface area contributed by atoms with Crippen molar-refractivity contribution < 1.29 is 4.79 Å². The van der Waals surface area contributed by atoms with Crippen LogP contribution in [0.25, 0.3) is 0 Å². The Balaban J connectivity index is 1.90. The summed E-state index contributed by atoms with van der Waals surface area (Å²) in [5.41, 5.74) is 8.26. The van der Waals surface area contributed by atoms with Crippen LogP contribution in [0.5, 0.6) is 0 Å². The predicted octanol–water partition coefficient (Wildman–Crippen LogP) is 1.15. The third-order valence-corrected chi connectivity index (χ3v) is 3.72. The molecule has 2 rings (SSSR count). The van der Waals surface area contributed by atoms with E-state index in [1.807, 2.05) is 25.1 Å². The lowest BCUT2D eigenvalue weighted by molar-refractivity contribution is -0.117. The summed E-state index contributed by atoms with van der Waals surface area (Å²) in [5.74, 6) is 0.0308. The Labute approximate surface area is 120 Å². The number of nitrogens with two attached hydrogens (primary N) is 1. The first-order chi connectivity index (χ1) is 9.54. The van der Waals surface area contributed by atoms with E-state index < -0.39 is 0 Å². The van der Waals surface area contributed by atoms with E-state index in [2.05, 4.69) is 22.2 Å². The molecule has 1 heterocycles. The lowest BCUT2D eigenvalue weighted by atomic mass is 10.2. The number of nitrogens with zero attached hydrogens (tertiary/aromatic N) is 2. The molecule has 0 spiro atoms. The number of carbonyl (C=O) groups excluding carboxylic acids is 1. The van der Waals surface area contributed by atoms with Crippen LogP contribution in [0, 0.1) is 6.92 Å². The molecule has 110 valence electrons. The summed E-state index contributed by atoms with van der Waals surface area (Å²) in [6, 6.07) is 5.57. The van der Waals surface area contributed by atoms with Crippen LogP contribution in [0.4, 0.5) is 11.4 Å². The van der Waals surface area contributed by atoms with Crippen LogP contribution in [-0.4, -0.2) is 55.5 Å². The van der Waals surface area contributed by atoms with Gasteiger partial charge in [-0.25, -0.2) is 0 Å². The molecule has 0 aliphatic carbocycles. The fourth-order valence-corrected chi connectivity index (χ4v) is 2.43. The van der Waals surface area contributed by atoms with Crippen LogP contribution in [-0.2, 0) is 4.79 Å². The van der Waals surface area contributed by atoms with Gasteiger partial charge in [0, 0.05) is 24.5 Å². The smallest absolute Gasteiger partial charge is 0.238 e. The Morgan fingerprint density at radius 1 is 1.30 bits per heavy atom. The van der Waals surface area contributed by atoms with Crippen molar-refractivity contribution in [2.45, 2.75) is 13.3 Å². The second kappa shape index (κ2) is 6.72. The third kappa shape index (κ3) is 4.21. The van der Waals surface area contributed by atoms with E-state index in [1.165, 1.54) is 0 Å². The van der Waals surface area contributed by atoms with Crippen LogP contribution in [0.2, 0.25) is 0 Å². The molecule has 0 aromatic heterocycles. The summed E-state index contributed by atoms with van der Waals surface area (Å²) >= 11 is 0. The predicted molar refractivity (Wildman–Crippen MR) is 82.8 cm³/mol. The Morgan fingerprint density at radius 3 is 2.90 bits per heavy atom. The van der Waals surface area contributed by atoms with Gasteiger partial charge in [0.2, 0.25) is 5.91 Å². The number of likely N-dealkylation sites (N-methyl/N-ethyl adjacent to an activating group) is 1. The Bertz CT molecular complexity index is 475. The summed E-state index contributed by atoms with van der Waals surface area (Å²) in [6.45, 7) is 6.46. The molecule has 3 N–H and O–H groups in total. The zero-order valence-corrected chi connectivity index (χ0v) is 12.4. The average molecular weight is 276 g/mol. The van der Waals surface area contributed by atoms with Crippen molar-refractivity contribution in [1.82, 2.24) is 9.80 Å². The molecule has 1 saturated heterocycles. The lowest BCUT2D eigenvalue weighted by Gasteiger charge is -2.19. The van der Waals surface area contributed by atoms with E-state index in [1.54, 1.807) is 0 Å². The molecule has 1 aromatic rings. The highest BCUT2D eigenvalue weighted by molar-refractivity contribution is 5.93. The van der Waals surface area contributed by atoms with Gasteiger partial charge >= 0.3 is 0 Å². The first-order valence-corrected chi connectivity index (χ1v) is 7.11. The maximum absolute atomic E-state index is 12.1. The summed E-state index contributed by atoms with van der Waals surface area (Å²) in [7, 11) is 2.12. The van der Waals surface area contributed by atoms with Gasteiger partial charge in [-0.2, -0.15) is 0 Å². The van der Waals surface area contributed by atoms with Gasteiger partial charge in [-0.05, 0) is 51.2 Å². The molecular formula is C15H24N4O. The molecule has 0 radical (unpaired) electrons. The van der Waals surface area contributed by atoms with Crippen LogP contribution in [0.15, 0.2) is 18.2 Å². The van der Waals surface area contributed by atoms with E-state index in [0.717, 1.165) is 43.9 Å². The van der Waals surface area contributed by atoms with E-state index in [-0.39, 0.29) is 5.91 Å². The average Bonchev–Trinajstić information content (AvgIpc) is 2.59. The Hall–Kier alpha value is -1.59. The molecule has 0 saturated carbocycles. The van der Waals surface area contributed by atoms with E-state index >= 15 is 0 Å². The normalized spacial score (nSPS) is 17.7. The summed E-state index contributed by atoms with van der Waals surface area (Å²) < 4.78 is 0. The van der Waals surface area contributed by atoms with Crippen molar-refractivity contribution >= 4 is 17.3 Å². The quantitative estimate of drug-likeness (QED) is 0.813. The molecule has 1 aromatic carbocycles. The molecule has 1 aliphatic heterocycles. The second-order valence-electron chi connectivity index (χ2n) is 5.56. The maximum Gasteiger partial charge on any atom is 0.238 e. The molecule has 0 bridgehead atoms. The summed E-state index contributed by atoms with van der Waals surface area (Å²) in [6.07, 6.45) is 1.11. The molecule has 0 atom stereocenters. The Morgan fingerprint density at radius 2 is 2.10 bits per heavy atom. The first kappa shape index (κ1) is 14.8. The molecule has 1 aliphatic rings. The van der Waals surface area contributed by atoms with Crippen molar-refractivity contribution in [3.05, 3.63) is 23.8 Å². The van der Waals surface area contributed by atoms with Crippen LogP contribution in [0.1, 0.15) is 12.0 Å². The molecule has 1 amide bonds. The number of amides is 1. The zero-order chi connectivity index (χ0) is 14.5. The van der Waals surface area contributed by atoms with E-state index in [4.69, 9.17) is 5.73 Å². The SMILES string of the molecule is Cc1ccc(N)cc1NC(=O)CN1CCCN(C)CC1. The number of hydrogen-bond donors (Lipinski definition) is 2. The summed E-state index contributed by atoms with van der Waals surface area (Å²) in [5, 5.41) is 2.96. The highest BCUT2D eigenvalue weighted by Crippen LogP contribution is 2.18. The van der Waals surface area contributed by atoms with Crippen molar-refractivity contribution in [2.24, 2.45) is 0 Å². The largest absolute Gasteiger partial charge is 0.399 e. The minimum Gasteiger partial charge on any atom is -0.399 e. The van der Waals surface area contributed by atoms with Gasteiger partial charge < -0.3 is 16.0 Å². The third-order valence-electron chi connectivity index (χ3n) is 3.72. The number of rotatable bonds is 3. The van der Waals surface area contributed by atoms with Crippen molar-refractivity contribution in [2.75, 3.05) is 50.8 Å². The molecule has 5 nitrogen and oxygen atoms in total. The van der Waals surface area contributed by atoms with Gasteiger partial charge in [-0.15, -0.1) is 0 Å². The van der Waals surface area contributed by atoms with Gasteiger partial charge in [-0.1, -0.05) is 6.07 Å². The van der Waals surface area contributed by atoms with Gasteiger partial charge in [0.1, 0.15) is 0 Å². The fraction of sp³-hybridized carbons (Fsp3) is 0.533. The molecule has 1 fully saturated rings. The number of anilines is 2. The van der Waals surface area contributed by atoms with Gasteiger partial charge in [0.25, 0.3) is 0 Å².